The topological polar surface area (TPSA) is 43.4 Å². The Morgan fingerprint density at radius 2 is 1.82 bits per heavy atom. The van der Waals surface area contributed by atoms with Crippen LogP contribution >= 0.6 is 0 Å². The van der Waals surface area contributed by atoms with E-state index in [9.17, 15) is 8.42 Å². The van der Waals surface area contributed by atoms with Crippen LogP contribution in [0.2, 0.25) is 0 Å². The van der Waals surface area contributed by atoms with Gasteiger partial charge in [-0.1, -0.05) is 33.8 Å². The van der Waals surface area contributed by atoms with E-state index in [1.165, 1.54) is 7.11 Å². The summed E-state index contributed by atoms with van der Waals surface area (Å²) in [5.41, 5.74) is 0.912. The van der Waals surface area contributed by atoms with Gasteiger partial charge in [-0.3, -0.25) is 0 Å². The van der Waals surface area contributed by atoms with Gasteiger partial charge in [-0.25, -0.2) is 8.42 Å². The van der Waals surface area contributed by atoms with Gasteiger partial charge in [-0.2, -0.15) is 0 Å². The molecule has 0 aliphatic heterocycles. The van der Waals surface area contributed by atoms with Gasteiger partial charge in [0.05, 0.1) is 12.9 Å². The smallest absolute Gasteiger partial charge is 0.181 e. The van der Waals surface area contributed by atoms with Gasteiger partial charge in [0.1, 0.15) is 10.6 Å². The third-order valence-corrected chi connectivity index (χ3v) is 4.49. The minimum atomic E-state index is -3.25. The molecule has 0 fully saturated rings. The molecule has 3 nitrogen and oxygen atoms in total. The van der Waals surface area contributed by atoms with Crippen LogP contribution in [0.1, 0.15) is 33.3 Å². The predicted molar refractivity (Wildman–Crippen MR) is 69.4 cm³/mol. The number of hydrogen-bond donors (Lipinski definition) is 0. The Morgan fingerprint density at radius 1 is 1.24 bits per heavy atom. The van der Waals surface area contributed by atoms with Crippen LogP contribution in [0.5, 0.6) is 5.75 Å². The van der Waals surface area contributed by atoms with Crippen LogP contribution in [0.15, 0.2) is 23.1 Å². The Kier molecular flexibility index (Phi) is 3.87. The lowest BCUT2D eigenvalue weighted by Crippen LogP contribution is -2.13. The molecule has 4 heteroatoms. The van der Waals surface area contributed by atoms with Crippen molar-refractivity contribution in [3.05, 3.63) is 23.8 Å². The van der Waals surface area contributed by atoms with Crippen molar-refractivity contribution < 1.29 is 13.2 Å². The molecule has 96 valence electrons. The third-order valence-electron chi connectivity index (χ3n) is 2.74. The van der Waals surface area contributed by atoms with E-state index < -0.39 is 9.84 Å². The average molecular weight is 256 g/mol. The maximum atomic E-state index is 12.0. The van der Waals surface area contributed by atoms with E-state index in [4.69, 9.17) is 4.74 Å². The average Bonchev–Trinajstić information content (AvgIpc) is 2.27. The van der Waals surface area contributed by atoms with Crippen molar-refractivity contribution in [1.29, 1.82) is 0 Å². The molecule has 0 heterocycles. The highest BCUT2D eigenvalue weighted by Gasteiger charge is 2.22. The van der Waals surface area contributed by atoms with Crippen molar-refractivity contribution in [2.24, 2.45) is 0 Å². The van der Waals surface area contributed by atoms with Crippen molar-refractivity contribution in [3.8, 4) is 5.75 Å². The number of sulfone groups is 1. The molecule has 0 aliphatic carbocycles. The van der Waals surface area contributed by atoms with Gasteiger partial charge in [-0.05, 0) is 23.1 Å². The van der Waals surface area contributed by atoms with Crippen molar-refractivity contribution in [2.75, 3.05) is 12.9 Å². The number of ether oxygens (including phenoxy) is 1. The Hall–Kier alpha value is -1.03. The Balaban J connectivity index is 3.46. The maximum Gasteiger partial charge on any atom is 0.181 e. The number of rotatable bonds is 3. The normalized spacial score (nSPS) is 12.5. The molecule has 17 heavy (non-hydrogen) atoms. The Morgan fingerprint density at radius 3 is 2.24 bits per heavy atom. The summed E-state index contributed by atoms with van der Waals surface area (Å²) in [6.45, 7) is 7.80. The zero-order chi connectivity index (χ0) is 13.3. The summed E-state index contributed by atoms with van der Waals surface area (Å²) in [7, 11) is -1.76. The first kappa shape index (κ1) is 14.0. The van der Waals surface area contributed by atoms with E-state index in [1.807, 2.05) is 6.07 Å². The fourth-order valence-corrected chi connectivity index (χ4v) is 2.62. The predicted octanol–water partition coefficient (Wildman–Crippen LogP) is 2.79. The fourth-order valence-electron chi connectivity index (χ4n) is 1.54. The van der Waals surface area contributed by atoms with Gasteiger partial charge in [0.2, 0.25) is 0 Å². The van der Waals surface area contributed by atoms with Crippen LogP contribution in [0.3, 0.4) is 0 Å². The molecular formula is C13H20O3S. The van der Waals surface area contributed by atoms with Crippen LogP contribution in [-0.2, 0) is 15.3 Å². The molecule has 1 aromatic rings. The monoisotopic (exact) mass is 256 g/mol. The number of benzene rings is 1. The fraction of sp³-hybridized carbons (Fsp3) is 0.538. The molecule has 0 spiro atoms. The Labute approximate surface area is 104 Å². The summed E-state index contributed by atoms with van der Waals surface area (Å²) in [5, 5.41) is 0. The zero-order valence-corrected chi connectivity index (χ0v) is 11.9. The van der Waals surface area contributed by atoms with Crippen LogP contribution in [0.4, 0.5) is 0 Å². The lowest BCUT2D eigenvalue weighted by molar-refractivity contribution is 0.402. The minimum absolute atomic E-state index is 0.0791. The molecule has 0 bridgehead atoms. The second-order valence-electron chi connectivity index (χ2n) is 5.02. The summed E-state index contributed by atoms with van der Waals surface area (Å²) in [6, 6.07) is 5.36. The molecule has 0 saturated heterocycles. The highest BCUT2D eigenvalue weighted by atomic mass is 32.2. The first-order valence-corrected chi connectivity index (χ1v) is 7.29. The third kappa shape index (κ3) is 3.00. The lowest BCUT2D eigenvalue weighted by Gasteiger charge is -2.20. The summed E-state index contributed by atoms with van der Waals surface area (Å²) in [5.74, 6) is 0.497. The van der Waals surface area contributed by atoms with Crippen LogP contribution in [0.25, 0.3) is 0 Å². The zero-order valence-electron chi connectivity index (χ0n) is 11.1. The van der Waals surface area contributed by atoms with Gasteiger partial charge in [-0.15, -0.1) is 0 Å². The van der Waals surface area contributed by atoms with Gasteiger partial charge in [0.15, 0.2) is 9.84 Å². The molecule has 0 radical (unpaired) electrons. The second kappa shape index (κ2) is 4.69. The molecular weight excluding hydrogens is 236 g/mol. The van der Waals surface area contributed by atoms with Gasteiger partial charge < -0.3 is 4.74 Å². The highest BCUT2D eigenvalue weighted by molar-refractivity contribution is 7.91. The highest BCUT2D eigenvalue weighted by Crippen LogP contribution is 2.31. The van der Waals surface area contributed by atoms with E-state index in [1.54, 1.807) is 19.1 Å². The molecule has 0 unspecified atom stereocenters. The number of hydrogen-bond acceptors (Lipinski definition) is 3. The van der Waals surface area contributed by atoms with E-state index in [-0.39, 0.29) is 16.1 Å². The van der Waals surface area contributed by atoms with Crippen LogP contribution in [0, 0.1) is 0 Å². The van der Waals surface area contributed by atoms with Crippen molar-refractivity contribution in [1.82, 2.24) is 0 Å². The molecule has 0 atom stereocenters. The van der Waals surface area contributed by atoms with Crippen molar-refractivity contribution in [2.45, 2.75) is 38.0 Å². The van der Waals surface area contributed by atoms with Crippen LogP contribution in [-0.4, -0.2) is 21.3 Å². The number of methoxy groups -OCH3 is 1. The summed E-state index contributed by atoms with van der Waals surface area (Å²) in [6.07, 6.45) is 0. The summed E-state index contributed by atoms with van der Waals surface area (Å²) < 4.78 is 29.1. The van der Waals surface area contributed by atoms with E-state index >= 15 is 0 Å². The van der Waals surface area contributed by atoms with Crippen molar-refractivity contribution in [3.63, 3.8) is 0 Å². The molecule has 1 rings (SSSR count). The molecule has 0 aromatic heterocycles. The molecule has 0 aliphatic rings. The standard InChI is InChI=1S/C13H20O3S/c1-6-17(14,15)12-9-10(13(2,3)4)7-8-11(12)16-5/h7-9H,6H2,1-5H3. The van der Waals surface area contributed by atoms with E-state index in [0.29, 0.717) is 5.75 Å². The minimum Gasteiger partial charge on any atom is -0.495 e. The molecule has 0 saturated carbocycles. The van der Waals surface area contributed by atoms with Gasteiger partial charge in [0, 0.05) is 0 Å². The van der Waals surface area contributed by atoms with Crippen LogP contribution < -0.4 is 4.74 Å². The SMILES string of the molecule is CCS(=O)(=O)c1cc(C(C)(C)C)ccc1OC. The largest absolute Gasteiger partial charge is 0.495 e. The Bertz CT molecular complexity index is 496. The summed E-state index contributed by atoms with van der Waals surface area (Å²) >= 11 is 0. The molecule has 0 N–H and O–H groups in total. The van der Waals surface area contributed by atoms with Gasteiger partial charge >= 0.3 is 0 Å². The molecule has 0 amide bonds. The van der Waals surface area contributed by atoms with Crippen molar-refractivity contribution >= 4 is 9.84 Å². The first-order valence-electron chi connectivity index (χ1n) is 5.63. The lowest BCUT2D eigenvalue weighted by atomic mass is 9.87. The van der Waals surface area contributed by atoms with Gasteiger partial charge in [0.25, 0.3) is 0 Å². The summed E-state index contributed by atoms with van der Waals surface area (Å²) in [4.78, 5) is 0.287. The van der Waals surface area contributed by atoms with E-state index in [2.05, 4.69) is 20.8 Å². The van der Waals surface area contributed by atoms with E-state index in [0.717, 1.165) is 5.56 Å². The maximum absolute atomic E-state index is 12.0. The second-order valence-corrected chi connectivity index (χ2v) is 7.27. The molecule has 1 aromatic carbocycles. The first-order chi connectivity index (χ1) is 7.72. The quantitative estimate of drug-likeness (QED) is 0.835.